The van der Waals surface area contributed by atoms with E-state index >= 15 is 0 Å². The minimum absolute atomic E-state index is 0.0318. The van der Waals surface area contributed by atoms with Crippen LogP contribution in [0.25, 0.3) is 5.65 Å². The van der Waals surface area contributed by atoms with Gasteiger partial charge in [-0.1, -0.05) is 11.8 Å². The minimum atomic E-state index is -0.195. The largest absolute Gasteiger partial charge is 0.303 e. The number of hydrogen-bond donors (Lipinski definition) is 0. The Balaban J connectivity index is 1.59. The Morgan fingerprint density at radius 1 is 1.35 bits per heavy atom. The van der Waals surface area contributed by atoms with E-state index in [0.717, 1.165) is 22.1 Å². The number of fused-ring (bicyclic) bond motifs is 1. The van der Waals surface area contributed by atoms with Gasteiger partial charge in [0.15, 0.2) is 5.65 Å². The second-order valence-corrected chi connectivity index (χ2v) is 7.11. The summed E-state index contributed by atoms with van der Waals surface area (Å²) >= 11 is 2.87. The van der Waals surface area contributed by atoms with Crippen LogP contribution < -0.4 is 4.90 Å². The quantitative estimate of drug-likeness (QED) is 0.732. The molecule has 1 saturated heterocycles. The summed E-state index contributed by atoms with van der Waals surface area (Å²) in [7, 11) is 0. The number of thiophene rings is 1. The van der Waals surface area contributed by atoms with Gasteiger partial charge in [-0.2, -0.15) is 5.26 Å². The topological polar surface area (TPSA) is 74.3 Å². The number of carbonyl (C=O) groups excluding carboxylic acids is 1. The molecule has 1 atom stereocenters. The highest BCUT2D eigenvalue weighted by molar-refractivity contribution is 8.00. The Kier molecular flexibility index (Phi) is 3.52. The van der Waals surface area contributed by atoms with Gasteiger partial charge < -0.3 is 9.30 Å². The first-order chi connectivity index (χ1) is 11.3. The first-order valence-corrected chi connectivity index (χ1v) is 8.77. The molecule has 0 aromatic carbocycles. The number of aromatic nitrogens is 3. The summed E-state index contributed by atoms with van der Waals surface area (Å²) < 4.78 is 1.89. The molecule has 3 aromatic heterocycles. The molecular formula is C15H11N5OS2. The van der Waals surface area contributed by atoms with Crippen LogP contribution in [0.1, 0.15) is 12.0 Å². The Morgan fingerprint density at radius 2 is 2.17 bits per heavy atom. The molecule has 1 amide bonds. The van der Waals surface area contributed by atoms with E-state index < -0.39 is 0 Å². The molecule has 0 saturated carbocycles. The summed E-state index contributed by atoms with van der Waals surface area (Å²) in [5.74, 6) is 0.0318. The molecule has 1 aliphatic rings. The van der Waals surface area contributed by atoms with Gasteiger partial charge in [-0.05, 0) is 17.9 Å². The second-order valence-electron chi connectivity index (χ2n) is 5.03. The van der Waals surface area contributed by atoms with Crippen LogP contribution in [0.2, 0.25) is 0 Å². The summed E-state index contributed by atoms with van der Waals surface area (Å²) in [5, 5.41) is 12.3. The van der Waals surface area contributed by atoms with Gasteiger partial charge in [0.1, 0.15) is 16.1 Å². The molecule has 0 radical (unpaired) electrons. The molecule has 8 heteroatoms. The van der Waals surface area contributed by atoms with Crippen molar-refractivity contribution >= 4 is 39.7 Å². The van der Waals surface area contributed by atoms with Gasteiger partial charge in [-0.15, -0.1) is 11.3 Å². The number of rotatable bonds is 3. The average Bonchev–Trinajstić information content (AvgIpc) is 3.28. The Bertz CT molecular complexity index is 925. The first kappa shape index (κ1) is 14.2. The summed E-state index contributed by atoms with van der Waals surface area (Å²) in [6.07, 6.45) is 7.85. The van der Waals surface area contributed by atoms with Gasteiger partial charge in [-0.3, -0.25) is 4.79 Å². The van der Waals surface area contributed by atoms with Gasteiger partial charge >= 0.3 is 0 Å². The fourth-order valence-electron chi connectivity index (χ4n) is 2.61. The molecule has 4 heterocycles. The Morgan fingerprint density at radius 3 is 3.00 bits per heavy atom. The Labute approximate surface area is 140 Å². The number of carbonyl (C=O) groups is 1. The molecule has 0 bridgehead atoms. The molecule has 1 fully saturated rings. The zero-order valence-electron chi connectivity index (χ0n) is 11.9. The molecular weight excluding hydrogens is 330 g/mol. The number of imidazole rings is 1. The molecule has 0 N–H and O–H groups in total. The van der Waals surface area contributed by atoms with Crippen molar-refractivity contribution < 1.29 is 4.79 Å². The van der Waals surface area contributed by atoms with E-state index in [9.17, 15) is 4.79 Å². The second kappa shape index (κ2) is 5.68. The van der Waals surface area contributed by atoms with Crippen molar-refractivity contribution in [1.29, 1.82) is 5.26 Å². The molecule has 3 aromatic rings. The number of nitriles is 1. The van der Waals surface area contributed by atoms with Crippen LogP contribution >= 0.6 is 23.1 Å². The third-order valence-electron chi connectivity index (χ3n) is 3.70. The lowest BCUT2D eigenvalue weighted by atomic mass is 10.3. The monoisotopic (exact) mass is 341 g/mol. The van der Waals surface area contributed by atoms with Crippen molar-refractivity contribution in [2.75, 3.05) is 11.4 Å². The average molecular weight is 341 g/mol. The fraction of sp³-hybridized carbons (Fsp3) is 0.200. The maximum absolute atomic E-state index is 12.7. The van der Waals surface area contributed by atoms with Crippen LogP contribution in [0.4, 0.5) is 5.00 Å². The molecule has 23 heavy (non-hydrogen) atoms. The smallest absolute Gasteiger partial charge is 0.241 e. The summed E-state index contributed by atoms with van der Waals surface area (Å²) in [6.45, 7) is 0.628. The SMILES string of the molecule is N#Cc1ccsc1N1CCC(Sc2nccn3ccnc23)C1=O. The van der Waals surface area contributed by atoms with Crippen LogP contribution in [0.15, 0.2) is 41.3 Å². The molecule has 4 rings (SSSR count). The third kappa shape index (κ3) is 2.38. The van der Waals surface area contributed by atoms with Gasteiger partial charge in [0.25, 0.3) is 0 Å². The highest BCUT2D eigenvalue weighted by atomic mass is 32.2. The summed E-state index contributed by atoms with van der Waals surface area (Å²) in [5.41, 5.74) is 1.32. The normalized spacial score (nSPS) is 17.8. The number of amides is 1. The minimum Gasteiger partial charge on any atom is -0.303 e. The van der Waals surface area contributed by atoms with Crippen molar-refractivity contribution in [3.8, 4) is 6.07 Å². The number of thioether (sulfide) groups is 1. The zero-order valence-corrected chi connectivity index (χ0v) is 13.5. The standard InChI is InChI=1S/C15H11N5OS2/c16-9-10-2-8-22-15(10)20-5-1-11(14(20)21)23-13-12-17-3-6-19(12)7-4-18-13/h2-4,6-8,11H,1,5H2. The van der Waals surface area contributed by atoms with E-state index in [2.05, 4.69) is 16.0 Å². The van der Waals surface area contributed by atoms with Crippen molar-refractivity contribution in [1.82, 2.24) is 14.4 Å². The van der Waals surface area contributed by atoms with Crippen LogP contribution in [0.5, 0.6) is 0 Å². The number of nitrogens with zero attached hydrogens (tertiary/aromatic N) is 5. The zero-order chi connectivity index (χ0) is 15.8. The first-order valence-electron chi connectivity index (χ1n) is 7.01. The molecule has 114 valence electrons. The van der Waals surface area contributed by atoms with Crippen molar-refractivity contribution in [2.24, 2.45) is 0 Å². The highest BCUT2D eigenvalue weighted by Crippen LogP contribution is 2.36. The Hall–Kier alpha value is -2.37. The molecule has 0 aliphatic carbocycles. The third-order valence-corrected chi connectivity index (χ3v) is 5.87. The van der Waals surface area contributed by atoms with E-state index in [1.54, 1.807) is 23.4 Å². The summed E-state index contributed by atoms with van der Waals surface area (Å²) in [6, 6.07) is 3.89. The lowest BCUT2D eigenvalue weighted by Crippen LogP contribution is -2.27. The van der Waals surface area contributed by atoms with Crippen molar-refractivity contribution in [2.45, 2.75) is 16.7 Å². The van der Waals surface area contributed by atoms with Crippen LogP contribution in [0, 0.1) is 11.3 Å². The summed E-state index contributed by atoms with van der Waals surface area (Å²) in [4.78, 5) is 23.1. The molecule has 0 spiro atoms. The van der Waals surface area contributed by atoms with Gasteiger partial charge in [0, 0.05) is 31.3 Å². The lowest BCUT2D eigenvalue weighted by molar-refractivity contribution is -0.116. The van der Waals surface area contributed by atoms with Gasteiger partial charge in [0.2, 0.25) is 5.91 Å². The fourth-order valence-corrected chi connectivity index (χ4v) is 4.60. The van der Waals surface area contributed by atoms with Crippen LogP contribution in [-0.4, -0.2) is 32.1 Å². The predicted molar refractivity (Wildman–Crippen MR) is 88.6 cm³/mol. The number of hydrogen-bond acceptors (Lipinski definition) is 6. The lowest BCUT2D eigenvalue weighted by Gasteiger charge is -2.14. The van der Waals surface area contributed by atoms with E-state index in [1.807, 2.05) is 22.2 Å². The molecule has 6 nitrogen and oxygen atoms in total. The van der Waals surface area contributed by atoms with Crippen molar-refractivity contribution in [3.05, 3.63) is 41.8 Å². The van der Waals surface area contributed by atoms with Gasteiger partial charge in [-0.25, -0.2) is 9.97 Å². The predicted octanol–water partition coefficient (Wildman–Crippen LogP) is 2.56. The van der Waals surface area contributed by atoms with E-state index in [4.69, 9.17) is 5.26 Å². The molecule has 1 unspecified atom stereocenters. The highest BCUT2D eigenvalue weighted by Gasteiger charge is 2.35. The van der Waals surface area contributed by atoms with E-state index in [1.165, 1.54) is 23.1 Å². The van der Waals surface area contributed by atoms with Crippen LogP contribution in [0.3, 0.4) is 0 Å². The molecule has 1 aliphatic heterocycles. The maximum Gasteiger partial charge on any atom is 0.241 e. The van der Waals surface area contributed by atoms with Gasteiger partial charge in [0.05, 0.1) is 10.8 Å². The van der Waals surface area contributed by atoms with Crippen molar-refractivity contribution in [3.63, 3.8) is 0 Å². The van der Waals surface area contributed by atoms with Crippen LogP contribution in [-0.2, 0) is 4.79 Å². The number of anilines is 1. The van der Waals surface area contributed by atoms with E-state index in [-0.39, 0.29) is 11.2 Å². The maximum atomic E-state index is 12.7. The van der Waals surface area contributed by atoms with E-state index in [0.29, 0.717) is 12.1 Å².